The fraction of sp³-hybridized carbons (Fsp3) is 0.0172. The summed E-state index contributed by atoms with van der Waals surface area (Å²) >= 11 is 0. The molecule has 6 heterocycles. The van der Waals surface area contributed by atoms with Crippen LogP contribution in [0.1, 0.15) is 22.3 Å². The van der Waals surface area contributed by atoms with Gasteiger partial charge in [-0.2, -0.15) is 0 Å². The molecule has 0 atom stereocenters. The standard InChI is InChI=1S/C61H39N3.C55H35N3/c1-3-16-39(17-4-1)50-36-42(37-51-46-23-8-7-18-41(46)35-52(50)51)40-19-15-22-44(34-40)63-55-28-13-10-25-48(55)60-58(63)32-33-59-61(60)49-26-11-14-29-56(49)64(59)45-30-31-57-53(38-45)47-24-9-12-27-54(47)62(57)43-20-5-2-6-21-43;1-3-15-35(16-4-1)44-33-39(34-46-40-20-8-7-17-36(40)31-45(44)46)58-50-26-14-11-23-43(50)55-53(58)30-29-52-54(55)42-22-10-13-25-49(42)57(52)38-27-28-51-47(32-38)41-21-9-12-24-48(41)56(51)37-18-5-2-6-19-37/h1-34,36-38H,35H2;1-30,32-34H,31H2. The van der Waals surface area contributed by atoms with Gasteiger partial charge in [-0.15, -0.1) is 0 Å². The number of aromatic nitrogens is 6. The second-order valence-electron chi connectivity index (χ2n) is 32.9. The predicted molar refractivity (Wildman–Crippen MR) is 512 cm³/mol. The van der Waals surface area contributed by atoms with E-state index < -0.39 is 0 Å². The van der Waals surface area contributed by atoms with Crippen molar-refractivity contribution in [2.45, 2.75) is 12.8 Å². The van der Waals surface area contributed by atoms with Gasteiger partial charge in [-0.25, -0.2) is 0 Å². The highest BCUT2D eigenvalue weighted by Gasteiger charge is 2.30. The van der Waals surface area contributed by atoms with Crippen molar-refractivity contribution in [1.29, 1.82) is 0 Å². The van der Waals surface area contributed by atoms with E-state index in [1.807, 2.05) is 0 Å². The molecule has 19 aromatic carbocycles. The zero-order valence-electron chi connectivity index (χ0n) is 66.5. The summed E-state index contributed by atoms with van der Waals surface area (Å²) in [7, 11) is 0. The third-order valence-corrected chi connectivity index (χ3v) is 26.5. The Bertz CT molecular complexity index is 8680. The third-order valence-electron chi connectivity index (χ3n) is 26.5. The van der Waals surface area contributed by atoms with E-state index in [2.05, 4.69) is 452 Å². The van der Waals surface area contributed by atoms with Crippen LogP contribution in [0.15, 0.2) is 425 Å². The van der Waals surface area contributed by atoms with E-state index in [-0.39, 0.29) is 0 Å². The number of benzene rings is 19. The largest absolute Gasteiger partial charge is 0.309 e. The zero-order chi connectivity index (χ0) is 79.8. The van der Waals surface area contributed by atoms with Gasteiger partial charge in [0.1, 0.15) is 0 Å². The summed E-state index contributed by atoms with van der Waals surface area (Å²) in [6.45, 7) is 0. The SMILES string of the molecule is c1ccc(-c2cc(-c3cccc(-n4c5ccccc5c5c6c7ccccc7n(-c7ccc8c(c7)c7ccccc7n8-c7ccccc7)c6ccc54)c3)cc3c2Cc2ccccc2-3)cc1.c1ccc(-c2cc(-n3c4ccccc4c4c5c6ccccc6n(-c6ccc7c(c6)c6ccccc6n7-c6ccccc6)c5ccc43)cc3c2Cc2ccccc2-3)cc1. The highest BCUT2D eigenvalue weighted by Crippen LogP contribution is 2.51. The summed E-state index contributed by atoms with van der Waals surface area (Å²) in [5.41, 5.74) is 39.9. The average molecular weight is 1550 g/mol. The van der Waals surface area contributed by atoms with Crippen molar-refractivity contribution >= 4 is 131 Å². The van der Waals surface area contributed by atoms with Crippen molar-refractivity contribution in [3.63, 3.8) is 0 Å². The Labute approximate surface area is 703 Å². The van der Waals surface area contributed by atoms with Gasteiger partial charge in [0, 0.05) is 98.8 Å². The lowest BCUT2D eigenvalue weighted by molar-refractivity contribution is 1.16. The molecule has 27 rings (SSSR count). The van der Waals surface area contributed by atoms with Crippen LogP contribution in [0, 0.1) is 0 Å². The van der Waals surface area contributed by atoms with Crippen LogP contribution < -0.4 is 0 Å². The molecule has 2 aliphatic carbocycles. The quantitative estimate of drug-likeness (QED) is 0.138. The molecule has 0 unspecified atom stereocenters. The topological polar surface area (TPSA) is 29.6 Å². The van der Waals surface area contributed by atoms with Gasteiger partial charge in [0.25, 0.3) is 0 Å². The van der Waals surface area contributed by atoms with E-state index in [4.69, 9.17) is 0 Å². The molecular formula is C116H74N6. The molecule has 0 saturated heterocycles. The first-order valence-electron chi connectivity index (χ1n) is 42.4. The van der Waals surface area contributed by atoms with Crippen LogP contribution in [-0.4, -0.2) is 27.4 Å². The van der Waals surface area contributed by atoms with Crippen molar-refractivity contribution < 1.29 is 0 Å². The van der Waals surface area contributed by atoms with E-state index in [9.17, 15) is 0 Å². The summed E-state index contributed by atoms with van der Waals surface area (Å²) < 4.78 is 14.7. The Morgan fingerprint density at radius 3 is 0.844 bits per heavy atom. The zero-order valence-corrected chi connectivity index (χ0v) is 66.5. The van der Waals surface area contributed by atoms with Gasteiger partial charge < -0.3 is 27.4 Å². The molecular weight excluding hydrogens is 1480 g/mol. The summed E-state index contributed by atoms with van der Waals surface area (Å²) in [6, 6.07) is 157. The molecule has 0 N–H and O–H groups in total. The molecule has 6 heteroatoms. The first-order valence-corrected chi connectivity index (χ1v) is 42.4. The summed E-state index contributed by atoms with van der Waals surface area (Å²) in [5, 5.41) is 15.1. The Kier molecular flexibility index (Phi) is 14.9. The predicted octanol–water partition coefficient (Wildman–Crippen LogP) is 30.1. The van der Waals surface area contributed by atoms with E-state index in [1.165, 1.54) is 220 Å². The van der Waals surface area contributed by atoms with Crippen LogP contribution >= 0.6 is 0 Å². The third kappa shape index (κ3) is 10.1. The van der Waals surface area contributed by atoms with Crippen molar-refractivity contribution in [2.75, 3.05) is 0 Å². The maximum absolute atomic E-state index is 2.51. The van der Waals surface area contributed by atoms with Crippen molar-refractivity contribution in [3.8, 4) is 89.8 Å². The number of rotatable bonds is 9. The van der Waals surface area contributed by atoms with Crippen molar-refractivity contribution in [1.82, 2.24) is 27.4 Å². The molecule has 0 aliphatic heterocycles. The minimum atomic E-state index is 0.946. The number of para-hydroxylation sites is 8. The van der Waals surface area contributed by atoms with Crippen molar-refractivity contribution in [3.05, 3.63) is 447 Å². The van der Waals surface area contributed by atoms with Gasteiger partial charge in [-0.1, -0.05) is 267 Å². The van der Waals surface area contributed by atoms with Crippen LogP contribution in [0.5, 0.6) is 0 Å². The fourth-order valence-corrected chi connectivity index (χ4v) is 21.4. The Morgan fingerprint density at radius 1 is 0.139 bits per heavy atom. The van der Waals surface area contributed by atoms with Crippen LogP contribution in [0.3, 0.4) is 0 Å². The molecule has 0 spiro atoms. The fourth-order valence-electron chi connectivity index (χ4n) is 21.4. The first-order chi connectivity index (χ1) is 60.6. The molecule has 122 heavy (non-hydrogen) atoms. The lowest BCUT2D eigenvalue weighted by Gasteiger charge is -2.15. The van der Waals surface area contributed by atoms with Gasteiger partial charge >= 0.3 is 0 Å². The first kappa shape index (κ1) is 68.1. The van der Waals surface area contributed by atoms with E-state index in [0.717, 1.165) is 35.6 Å². The van der Waals surface area contributed by atoms with E-state index in [1.54, 1.807) is 0 Å². The highest BCUT2D eigenvalue weighted by atomic mass is 15.0. The molecule has 6 nitrogen and oxygen atoms in total. The lowest BCUT2D eigenvalue weighted by Crippen LogP contribution is -1.98. The molecule has 0 amide bonds. The molecule has 25 aromatic rings. The van der Waals surface area contributed by atoms with E-state index in [0.29, 0.717) is 0 Å². The minimum absolute atomic E-state index is 0.946. The van der Waals surface area contributed by atoms with Crippen LogP contribution in [0.4, 0.5) is 0 Å². The molecule has 6 aromatic heterocycles. The molecule has 2 aliphatic rings. The van der Waals surface area contributed by atoms with Gasteiger partial charge in [0.05, 0.1) is 66.2 Å². The normalized spacial score (nSPS) is 12.4. The Morgan fingerprint density at radius 2 is 0.418 bits per heavy atom. The smallest absolute Gasteiger partial charge is 0.0548 e. The molecule has 0 bridgehead atoms. The molecule has 0 fully saturated rings. The average Bonchev–Trinajstić information content (AvgIpc) is 1.54. The minimum Gasteiger partial charge on any atom is -0.309 e. The Hall–Kier alpha value is -16.0. The summed E-state index contributed by atoms with van der Waals surface area (Å²) in [4.78, 5) is 0. The molecule has 0 radical (unpaired) electrons. The molecule has 0 saturated carbocycles. The van der Waals surface area contributed by atoms with E-state index >= 15 is 0 Å². The lowest BCUT2D eigenvalue weighted by atomic mass is 9.91. The summed E-state index contributed by atoms with van der Waals surface area (Å²) in [5.74, 6) is 0. The van der Waals surface area contributed by atoms with Crippen molar-refractivity contribution in [2.24, 2.45) is 0 Å². The second-order valence-corrected chi connectivity index (χ2v) is 32.9. The number of hydrogen-bond acceptors (Lipinski definition) is 0. The van der Waals surface area contributed by atoms with Gasteiger partial charge in [-0.3, -0.25) is 0 Å². The maximum Gasteiger partial charge on any atom is 0.0548 e. The summed E-state index contributed by atoms with van der Waals surface area (Å²) in [6.07, 6.45) is 1.90. The Balaban J connectivity index is 0.000000132. The maximum atomic E-state index is 2.51. The monoisotopic (exact) mass is 1550 g/mol. The number of nitrogens with zero attached hydrogens (tertiary/aromatic N) is 6. The second kappa shape index (κ2) is 26.8. The van der Waals surface area contributed by atoms with Gasteiger partial charge in [0.2, 0.25) is 0 Å². The number of fused-ring (bicyclic) bond motifs is 26. The van der Waals surface area contributed by atoms with Crippen LogP contribution in [0.25, 0.3) is 221 Å². The van der Waals surface area contributed by atoms with Crippen LogP contribution in [-0.2, 0) is 12.8 Å². The highest BCUT2D eigenvalue weighted by molar-refractivity contribution is 6.31. The molecule has 568 valence electrons. The van der Waals surface area contributed by atoms with Gasteiger partial charge in [-0.05, 0) is 248 Å². The number of hydrogen-bond donors (Lipinski definition) is 0. The van der Waals surface area contributed by atoms with Crippen LogP contribution in [0.2, 0.25) is 0 Å². The van der Waals surface area contributed by atoms with Gasteiger partial charge in [0.15, 0.2) is 0 Å².